The molecule has 0 radical (unpaired) electrons. The predicted molar refractivity (Wildman–Crippen MR) is 78.1 cm³/mol. The van der Waals surface area contributed by atoms with E-state index in [4.69, 9.17) is 4.74 Å². The molecule has 102 valence electrons. The summed E-state index contributed by atoms with van der Waals surface area (Å²) in [6, 6.07) is 10.7. The molecule has 0 aliphatic rings. The minimum absolute atomic E-state index is 0.104. The third kappa shape index (κ3) is 4.11. The molecule has 1 N–H and O–H groups in total. The van der Waals surface area contributed by atoms with Crippen LogP contribution in [0.2, 0.25) is 0 Å². The lowest BCUT2D eigenvalue weighted by Crippen LogP contribution is -2.42. The van der Waals surface area contributed by atoms with Crippen LogP contribution in [0, 0.1) is 0 Å². The molecule has 1 aromatic rings. The summed E-state index contributed by atoms with van der Waals surface area (Å²) in [5, 5.41) is 3.55. The summed E-state index contributed by atoms with van der Waals surface area (Å²) in [6.45, 7) is 10.1. The molecular formula is C16H27NO. The Morgan fingerprint density at radius 1 is 1.11 bits per heavy atom. The number of hydrogen-bond donors (Lipinski definition) is 1. The third-order valence-corrected chi connectivity index (χ3v) is 3.54. The van der Waals surface area contributed by atoms with E-state index in [2.05, 4.69) is 56.4 Å². The number of nitrogens with one attached hydrogen (secondary N) is 1. The lowest BCUT2D eigenvalue weighted by Gasteiger charge is -2.33. The van der Waals surface area contributed by atoms with Crippen LogP contribution in [0.5, 0.6) is 0 Å². The largest absolute Gasteiger partial charge is 0.381 e. The van der Waals surface area contributed by atoms with E-state index in [1.807, 2.05) is 0 Å². The Balaban J connectivity index is 2.83. The summed E-state index contributed by atoms with van der Waals surface area (Å²) < 4.78 is 5.74. The van der Waals surface area contributed by atoms with Gasteiger partial charge in [0.05, 0.1) is 6.61 Å². The zero-order chi connectivity index (χ0) is 13.3. The molecule has 0 saturated carbocycles. The van der Waals surface area contributed by atoms with Gasteiger partial charge in [-0.15, -0.1) is 0 Å². The van der Waals surface area contributed by atoms with Gasteiger partial charge in [-0.2, -0.15) is 0 Å². The first kappa shape index (κ1) is 15.2. The number of benzene rings is 1. The second-order valence-electron chi connectivity index (χ2n) is 4.81. The molecular weight excluding hydrogens is 222 g/mol. The Morgan fingerprint density at radius 2 is 1.83 bits per heavy atom. The zero-order valence-corrected chi connectivity index (χ0v) is 12.0. The van der Waals surface area contributed by atoms with Crippen LogP contribution in [0.15, 0.2) is 30.3 Å². The van der Waals surface area contributed by atoms with Gasteiger partial charge in [0.25, 0.3) is 0 Å². The molecule has 2 heteroatoms. The van der Waals surface area contributed by atoms with Gasteiger partial charge in [0.1, 0.15) is 0 Å². The fourth-order valence-electron chi connectivity index (χ4n) is 2.26. The van der Waals surface area contributed by atoms with Crippen LogP contribution in [0.3, 0.4) is 0 Å². The van der Waals surface area contributed by atoms with Crippen LogP contribution in [-0.4, -0.2) is 26.3 Å². The molecule has 0 spiro atoms. The maximum atomic E-state index is 5.74. The highest BCUT2D eigenvalue weighted by Gasteiger charge is 2.30. The molecule has 1 aromatic carbocycles. The first-order valence-corrected chi connectivity index (χ1v) is 7.13. The Kier molecular flexibility index (Phi) is 6.99. The number of rotatable bonds is 9. The van der Waals surface area contributed by atoms with E-state index in [9.17, 15) is 0 Å². The van der Waals surface area contributed by atoms with Crippen LogP contribution < -0.4 is 5.32 Å². The van der Waals surface area contributed by atoms with E-state index in [0.29, 0.717) is 0 Å². The Labute approximate surface area is 112 Å². The standard InChI is InChI=1S/C16H27NO/c1-4-12-17-13-16(5-2,14-18-6-3)15-10-8-7-9-11-15/h7-11,17H,4-6,12-14H2,1-3H3. The maximum Gasteiger partial charge on any atom is 0.0574 e. The Hall–Kier alpha value is -0.860. The highest BCUT2D eigenvalue weighted by atomic mass is 16.5. The van der Waals surface area contributed by atoms with Gasteiger partial charge in [-0.3, -0.25) is 0 Å². The summed E-state index contributed by atoms with van der Waals surface area (Å²) >= 11 is 0. The van der Waals surface area contributed by atoms with E-state index < -0.39 is 0 Å². The van der Waals surface area contributed by atoms with E-state index in [1.54, 1.807) is 0 Å². The summed E-state index contributed by atoms with van der Waals surface area (Å²) in [6.07, 6.45) is 2.26. The van der Waals surface area contributed by atoms with Gasteiger partial charge in [0.2, 0.25) is 0 Å². The summed E-state index contributed by atoms with van der Waals surface area (Å²) in [4.78, 5) is 0. The van der Waals surface area contributed by atoms with Gasteiger partial charge in [-0.25, -0.2) is 0 Å². The first-order valence-electron chi connectivity index (χ1n) is 7.13. The quantitative estimate of drug-likeness (QED) is 0.678. The molecule has 18 heavy (non-hydrogen) atoms. The maximum absolute atomic E-state index is 5.74. The van der Waals surface area contributed by atoms with Crippen molar-refractivity contribution in [2.75, 3.05) is 26.3 Å². The monoisotopic (exact) mass is 249 g/mol. The molecule has 0 heterocycles. The van der Waals surface area contributed by atoms with Crippen molar-refractivity contribution < 1.29 is 4.74 Å². The fraction of sp³-hybridized carbons (Fsp3) is 0.625. The lowest BCUT2D eigenvalue weighted by molar-refractivity contribution is 0.0884. The molecule has 2 nitrogen and oxygen atoms in total. The van der Waals surface area contributed by atoms with Crippen LogP contribution in [0.4, 0.5) is 0 Å². The van der Waals surface area contributed by atoms with Gasteiger partial charge < -0.3 is 10.1 Å². The molecule has 1 atom stereocenters. The molecule has 0 fully saturated rings. The van der Waals surface area contributed by atoms with Gasteiger partial charge in [0.15, 0.2) is 0 Å². The van der Waals surface area contributed by atoms with Crippen molar-refractivity contribution in [3.63, 3.8) is 0 Å². The Bertz CT molecular complexity index is 312. The van der Waals surface area contributed by atoms with Gasteiger partial charge in [0, 0.05) is 18.6 Å². The number of ether oxygens (including phenoxy) is 1. The van der Waals surface area contributed by atoms with Gasteiger partial charge in [-0.1, -0.05) is 44.2 Å². The van der Waals surface area contributed by atoms with E-state index in [-0.39, 0.29) is 5.41 Å². The van der Waals surface area contributed by atoms with Crippen molar-refractivity contribution in [2.45, 2.75) is 39.0 Å². The first-order chi connectivity index (χ1) is 8.79. The van der Waals surface area contributed by atoms with Gasteiger partial charge in [-0.05, 0) is 31.9 Å². The lowest BCUT2D eigenvalue weighted by atomic mass is 9.78. The van der Waals surface area contributed by atoms with Crippen LogP contribution in [-0.2, 0) is 10.2 Å². The number of hydrogen-bond acceptors (Lipinski definition) is 2. The zero-order valence-electron chi connectivity index (χ0n) is 12.0. The van der Waals surface area contributed by atoms with E-state index in [0.717, 1.165) is 32.7 Å². The van der Waals surface area contributed by atoms with Crippen molar-refractivity contribution in [3.05, 3.63) is 35.9 Å². The smallest absolute Gasteiger partial charge is 0.0574 e. The van der Waals surface area contributed by atoms with E-state index >= 15 is 0 Å². The average molecular weight is 249 g/mol. The fourth-order valence-corrected chi connectivity index (χ4v) is 2.26. The van der Waals surface area contributed by atoms with Crippen LogP contribution >= 0.6 is 0 Å². The summed E-state index contributed by atoms with van der Waals surface area (Å²) in [7, 11) is 0. The van der Waals surface area contributed by atoms with Crippen molar-refractivity contribution in [1.82, 2.24) is 5.32 Å². The van der Waals surface area contributed by atoms with Gasteiger partial charge >= 0.3 is 0 Å². The summed E-state index contributed by atoms with van der Waals surface area (Å²) in [5.41, 5.74) is 1.48. The van der Waals surface area contributed by atoms with Crippen LogP contribution in [0.25, 0.3) is 0 Å². The van der Waals surface area contributed by atoms with Crippen molar-refractivity contribution in [3.8, 4) is 0 Å². The SMILES string of the molecule is CCCNCC(CC)(COCC)c1ccccc1. The van der Waals surface area contributed by atoms with E-state index in [1.165, 1.54) is 12.0 Å². The highest BCUT2D eigenvalue weighted by Crippen LogP contribution is 2.27. The molecule has 0 aromatic heterocycles. The van der Waals surface area contributed by atoms with Crippen molar-refractivity contribution >= 4 is 0 Å². The highest BCUT2D eigenvalue weighted by molar-refractivity contribution is 5.26. The molecule has 0 aliphatic carbocycles. The molecule has 0 amide bonds. The van der Waals surface area contributed by atoms with Crippen molar-refractivity contribution in [2.24, 2.45) is 0 Å². The topological polar surface area (TPSA) is 21.3 Å². The molecule has 0 aliphatic heterocycles. The third-order valence-electron chi connectivity index (χ3n) is 3.54. The molecule has 1 unspecified atom stereocenters. The molecule has 0 bridgehead atoms. The Morgan fingerprint density at radius 3 is 2.39 bits per heavy atom. The second-order valence-corrected chi connectivity index (χ2v) is 4.81. The average Bonchev–Trinajstić information content (AvgIpc) is 2.44. The predicted octanol–water partition coefficient (Wildman–Crippen LogP) is 3.37. The second kappa shape index (κ2) is 8.28. The van der Waals surface area contributed by atoms with Crippen LogP contribution in [0.1, 0.15) is 39.2 Å². The molecule has 0 saturated heterocycles. The molecule has 1 rings (SSSR count). The normalized spacial score (nSPS) is 14.4. The minimum atomic E-state index is 0.104. The van der Waals surface area contributed by atoms with Crippen molar-refractivity contribution in [1.29, 1.82) is 0 Å². The minimum Gasteiger partial charge on any atom is -0.381 e. The summed E-state index contributed by atoms with van der Waals surface area (Å²) in [5.74, 6) is 0.